The molecule has 1 heterocycles. The zero-order valence-corrected chi connectivity index (χ0v) is 9.23. The summed E-state index contributed by atoms with van der Waals surface area (Å²) in [5.74, 6) is 0. The summed E-state index contributed by atoms with van der Waals surface area (Å²) in [6, 6.07) is 0. The average molecular weight is 199 g/mol. The first-order valence-corrected chi connectivity index (χ1v) is 6.09. The van der Waals surface area contributed by atoms with Crippen LogP contribution in [-0.4, -0.2) is 25.8 Å². The summed E-state index contributed by atoms with van der Waals surface area (Å²) in [5, 5.41) is 6.86. The summed E-state index contributed by atoms with van der Waals surface area (Å²) < 4.78 is 0. The summed E-state index contributed by atoms with van der Waals surface area (Å²) in [5.41, 5.74) is 5.92. The highest BCUT2D eigenvalue weighted by atomic mass is 15.0. The van der Waals surface area contributed by atoms with Crippen LogP contribution in [0, 0.1) is 0 Å². The van der Waals surface area contributed by atoms with Gasteiger partial charge in [-0.3, -0.25) is 0 Å². The molecular formula is C11H25N3. The fraction of sp³-hybridized carbons (Fsp3) is 1.00. The van der Waals surface area contributed by atoms with Crippen molar-refractivity contribution in [3.63, 3.8) is 0 Å². The van der Waals surface area contributed by atoms with Gasteiger partial charge in [-0.05, 0) is 51.7 Å². The van der Waals surface area contributed by atoms with Crippen molar-refractivity contribution in [3.8, 4) is 0 Å². The molecule has 3 nitrogen and oxygen atoms in total. The van der Waals surface area contributed by atoms with Gasteiger partial charge in [0.05, 0.1) is 6.17 Å². The zero-order chi connectivity index (χ0) is 10.1. The summed E-state index contributed by atoms with van der Waals surface area (Å²) in [4.78, 5) is 0. The molecule has 1 saturated heterocycles. The van der Waals surface area contributed by atoms with E-state index in [1.165, 1.54) is 45.1 Å². The van der Waals surface area contributed by atoms with Gasteiger partial charge in [-0.25, -0.2) is 0 Å². The second-order valence-electron chi connectivity index (χ2n) is 4.22. The Morgan fingerprint density at radius 1 is 0.786 bits per heavy atom. The Balaban J connectivity index is 2.12. The zero-order valence-electron chi connectivity index (χ0n) is 9.23. The monoisotopic (exact) mass is 199 g/mol. The van der Waals surface area contributed by atoms with Crippen LogP contribution in [0.25, 0.3) is 0 Å². The Bertz CT molecular complexity index is 114. The molecule has 1 rings (SSSR count). The van der Waals surface area contributed by atoms with Gasteiger partial charge in [0.1, 0.15) is 0 Å². The minimum Gasteiger partial charge on any atom is -0.317 e. The highest BCUT2D eigenvalue weighted by Crippen LogP contribution is 2.01. The smallest absolute Gasteiger partial charge is 0.0546 e. The predicted octanol–water partition coefficient (Wildman–Crippen LogP) is 1.19. The van der Waals surface area contributed by atoms with Gasteiger partial charge in [0, 0.05) is 0 Å². The molecule has 1 fully saturated rings. The van der Waals surface area contributed by atoms with E-state index < -0.39 is 0 Å². The van der Waals surface area contributed by atoms with E-state index in [1.807, 2.05) is 0 Å². The standard InChI is InChI=1S/C11H25N3/c12-11-7-3-6-9-13-8-4-1-2-5-10-14-11/h11,13-14H,1-10,12H2/t11-/m1/s1. The van der Waals surface area contributed by atoms with Crippen LogP contribution in [0.4, 0.5) is 0 Å². The van der Waals surface area contributed by atoms with Crippen LogP contribution in [0.1, 0.15) is 44.9 Å². The summed E-state index contributed by atoms with van der Waals surface area (Å²) in [7, 11) is 0. The molecule has 1 atom stereocenters. The van der Waals surface area contributed by atoms with Crippen molar-refractivity contribution in [3.05, 3.63) is 0 Å². The Labute approximate surface area is 87.8 Å². The van der Waals surface area contributed by atoms with E-state index in [1.54, 1.807) is 0 Å². The molecule has 84 valence electrons. The molecule has 0 amide bonds. The van der Waals surface area contributed by atoms with Crippen molar-refractivity contribution in [1.82, 2.24) is 10.6 Å². The van der Waals surface area contributed by atoms with Crippen molar-refractivity contribution < 1.29 is 0 Å². The lowest BCUT2D eigenvalue weighted by Crippen LogP contribution is -2.37. The van der Waals surface area contributed by atoms with Crippen molar-refractivity contribution in [2.45, 2.75) is 51.1 Å². The van der Waals surface area contributed by atoms with E-state index in [0.29, 0.717) is 0 Å². The van der Waals surface area contributed by atoms with Gasteiger partial charge in [0.2, 0.25) is 0 Å². The van der Waals surface area contributed by atoms with Gasteiger partial charge >= 0.3 is 0 Å². The minimum absolute atomic E-state index is 0.218. The molecule has 0 aromatic rings. The van der Waals surface area contributed by atoms with Crippen molar-refractivity contribution in [2.75, 3.05) is 19.6 Å². The van der Waals surface area contributed by atoms with Crippen LogP contribution >= 0.6 is 0 Å². The molecule has 1 aliphatic rings. The van der Waals surface area contributed by atoms with E-state index >= 15 is 0 Å². The molecule has 0 aromatic heterocycles. The highest BCUT2D eigenvalue weighted by Gasteiger charge is 2.01. The number of nitrogens with one attached hydrogen (secondary N) is 2. The summed E-state index contributed by atoms with van der Waals surface area (Å²) >= 11 is 0. The van der Waals surface area contributed by atoms with Gasteiger partial charge < -0.3 is 16.4 Å². The molecular weight excluding hydrogens is 174 g/mol. The normalized spacial score (nSPS) is 28.5. The third-order valence-corrected chi connectivity index (χ3v) is 2.81. The largest absolute Gasteiger partial charge is 0.317 e. The second kappa shape index (κ2) is 8.21. The van der Waals surface area contributed by atoms with Gasteiger partial charge in [-0.15, -0.1) is 0 Å². The minimum atomic E-state index is 0.218. The maximum Gasteiger partial charge on any atom is 0.0546 e. The van der Waals surface area contributed by atoms with Gasteiger partial charge in [0.25, 0.3) is 0 Å². The number of nitrogens with two attached hydrogens (primary N) is 1. The molecule has 0 bridgehead atoms. The number of hydrogen-bond acceptors (Lipinski definition) is 3. The Morgan fingerprint density at radius 3 is 2.21 bits per heavy atom. The highest BCUT2D eigenvalue weighted by molar-refractivity contribution is 4.61. The van der Waals surface area contributed by atoms with Crippen molar-refractivity contribution in [1.29, 1.82) is 0 Å². The SMILES string of the molecule is N[C@H]1CCCCNCCCCCCN1. The van der Waals surface area contributed by atoms with Crippen molar-refractivity contribution >= 4 is 0 Å². The molecule has 4 N–H and O–H groups in total. The molecule has 0 spiro atoms. The quantitative estimate of drug-likeness (QED) is 0.549. The molecule has 0 aromatic carbocycles. The molecule has 0 aliphatic carbocycles. The van der Waals surface area contributed by atoms with Crippen LogP contribution in [0.2, 0.25) is 0 Å². The summed E-state index contributed by atoms with van der Waals surface area (Å²) in [6.45, 7) is 3.45. The van der Waals surface area contributed by atoms with E-state index in [0.717, 1.165) is 19.5 Å². The lowest BCUT2D eigenvalue weighted by atomic mass is 10.2. The number of hydrogen-bond donors (Lipinski definition) is 3. The Morgan fingerprint density at radius 2 is 1.43 bits per heavy atom. The third-order valence-electron chi connectivity index (χ3n) is 2.81. The first-order valence-electron chi connectivity index (χ1n) is 6.09. The molecule has 0 saturated carbocycles. The first kappa shape index (κ1) is 12.0. The fourth-order valence-corrected chi connectivity index (χ4v) is 1.86. The van der Waals surface area contributed by atoms with Gasteiger partial charge in [-0.1, -0.05) is 12.8 Å². The maximum atomic E-state index is 5.92. The fourth-order valence-electron chi connectivity index (χ4n) is 1.86. The van der Waals surface area contributed by atoms with Gasteiger partial charge in [0.15, 0.2) is 0 Å². The predicted molar refractivity (Wildman–Crippen MR) is 61.2 cm³/mol. The van der Waals surface area contributed by atoms with E-state index in [2.05, 4.69) is 10.6 Å². The third kappa shape index (κ3) is 6.35. The first-order chi connectivity index (χ1) is 6.89. The van der Waals surface area contributed by atoms with Crippen LogP contribution in [-0.2, 0) is 0 Å². The summed E-state index contributed by atoms with van der Waals surface area (Å²) in [6.07, 6.45) is 9.11. The Hall–Kier alpha value is -0.120. The van der Waals surface area contributed by atoms with Crippen LogP contribution < -0.4 is 16.4 Å². The Kier molecular flexibility index (Phi) is 7.01. The van der Waals surface area contributed by atoms with E-state index in [9.17, 15) is 0 Å². The molecule has 1 aliphatic heterocycles. The van der Waals surface area contributed by atoms with E-state index in [-0.39, 0.29) is 6.17 Å². The molecule has 14 heavy (non-hydrogen) atoms. The van der Waals surface area contributed by atoms with Gasteiger partial charge in [-0.2, -0.15) is 0 Å². The van der Waals surface area contributed by atoms with E-state index in [4.69, 9.17) is 5.73 Å². The average Bonchev–Trinajstić information content (AvgIpc) is 2.20. The molecule has 3 heteroatoms. The van der Waals surface area contributed by atoms with Crippen LogP contribution in [0.5, 0.6) is 0 Å². The maximum absolute atomic E-state index is 5.92. The lowest BCUT2D eigenvalue weighted by molar-refractivity contribution is 0.463. The second-order valence-corrected chi connectivity index (χ2v) is 4.22. The molecule has 0 unspecified atom stereocenters. The van der Waals surface area contributed by atoms with Crippen LogP contribution in [0.3, 0.4) is 0 Å². The molecule has 0 radical (unpaired) electrons. The number of rotatable bonds is 0. The van der Waals surface area contributed by atoms with Crippen LogP contribution in [0.15, 0.2) is 0 Å². The topological polar surface area (TPSA) is 50.1 Å². The van der Waals surface area contributed by atoms with Crippen molar-refractivity contribution in [2.24, 2.45) is 5.73 Å². The lowest BCUT2D eigenvalue weighted by Gasteiger charge is -2.12.